The first kappa shape index (κ1) is 18.2. The summed E-state index contributed by atoms with van der Waals surface area (Å²) < 4.78 is 22.8. The minimum atomic E-state index is 0.359. The summed E-state index contributed by atoms with van der Waals surface area (Å²) in [5, 5.41) is 8.37. The van der Waals surface area contributed by atoms with Crippen LogP contribution in [0.2, 0.25) is 0 Å². The van der Waals surface area contributed by atoms with Crippen molar-refractivity contribution in [2.45, 2.75) is 0 Å². The third-order valence-corrected chi connectivity index (χ3v) is 4.15. The summed E-state index contributed by atoms with van der Waals surface area (Å²) in [5.74, 6) is 2.03. The SMILES string of the molecule is COc1ccc(-c2cn(-c3cc(OC)c(OC)c(OC)c3)nn2)c(N)c1N. The predicted octanol–water partition coefficient (Wildman–Crippen LogP) is 2.13. The van der Waals surface area contributed by atoms with E-state index in [-0.39, 0.29) is 0 Å². The first-order chi connectivity index (χ1) is 13.0. The smallest absolute Gasteiger partial charge is 0.203 e. The summed E-state index contributed by atoms with van der Waals surface area (Å²) in [6.07, 6.45) is 1.73. The van der Waals surface area contributed by atoms with Crippen molar-refractivity contribution in [3.63, 3.8) is 0 Å². The fourth-order valence-corrected chi connectivity index (χ4v) is 2.73. The van der Waals surface area contributed by atoms with Crippen molar-refractivity contribution in [1.29, 1.82) is 0 Å². The van der Waals surface area contributed by atoms with E-state index in [1.165, 1.54) is 7.11 Å². The molecule has 3 aromatic rings. The van der Waals surface area contributed by atoms with Gasteiger partial charge in [-0.25, -0.2) is 4.68 Å². The van der Waals surface area contributed by atoms with Gasteiger partial charge in [0.25, 0.3) is 0 Å². The van der Waals surface area contributed by atoms with E-state index < -0.39 is 0 Å². The number of nitrogens with zero attached hydrogens (tertiary/aromatic N) is 3. The van der Waals surface area contributed by atoms with Gasteiger partial charge in [0.1, 0.15) is 11.4 Å². The van der Waals surface area contributed by atoms with Gasteiger partial charge in [-0.2, -0.15) is 0 Å². The van der Waals surface area contributed by atoms with E-state index in [0.717, 1.165) is 0 Å². The van der Waals surface area contributed by atoms with Crippen molar-refractivity contribution in [2.75, 3.05) is 39.9 Å². The van der Waals surface area contributed by atoms with Gasteiger partial charge in [0.2, 0.25) is 5.75 Å². The molecule has 2 aromatic carbocycles. The monoisotopic (exact) mass is 371 g/mol. The predicted molar refractivity (Wildman–Crippen MR) is 102 cm³/mol. The molecular formula is C18H21N5O4. The quantitative estimate of drug-likeness (QED) is 0.632. The Morgan fingerprint density at radius 2 is 1.44 bits per heavy atom. The van der Waals surface area contributed by atoms with Crippen molar-refractivity contribution >= 4 is 11.4 Å². The maximum atomic E-state index is 6.13. The van der Waals surface area contributed by atoms with Gasteiger partial charge in [-0.1, -0.05) is 5.21 Å². The van der Waals surface area contributed by atoms with E-state index in [9.17, 15) is 0 Å². The first-order valence-corrected chi connectivity index (χ1v) is 7.99. The van der Waals surface area contributed by atoms with Crippen LogP contribution in [0.5, 0.6) is 23.0 Å². The molecule has 0 aliphatic heterocycles. The van der Waals surface area contributed by atoms with Crippen LogP contribution in [0.15, 0.2) is 30.5 Å². The molecule has 0 atom stereocenters. The lowest BCUT2D eigenvalue weighted by atomic mass is 10.1. The fourth-order valence-electron chi connectivity index (χ4n) is 2.73. The van der Waals surface area contributed by atoms with Crippen LogP contribution in [0, 0.1) is 0 Å². The second-order valence-electron chi connectivity index (χ2n) is 5.57. The average Bonchev–Trinajstić information content (AvgIpc) is 3.18. The number of hydrogen-bond acceptors (Lipinski definition) is 8. The molecule has 1 aromatic heterocycles. The summed E-state index contributed by atoms with van der Waals surface area (Å²) in [6, 6.07) is 7.06. The lowest BCUT2D eigenvalue weighted by Crippen LogP contribution is -2.00. The highest BCUT2D eigenvalue weighted by molar-refractivity contribution is 5.86. The van der Waals surface area contributed by atoms with Gasteiger partial charge in [0.15, 0.2) is 11.5 Å². The van der Waals surface area contributed by atoms with Gasteiger partial charge >= 0.3 is 0 Å². The number of rotatable bonds is 6. The van der Waals surface area contributed by atoms with Crippen LogP contribution in [-0.4, -0.2) is 43.4 Å². The van der Waals surface area contributed by atoms with Crippen LogP contribution in [0.4, 0.5) is 11.4 Å². The molecule has 0 amide bonds. The minimum Gasteiger partial charge on any atom is -0.495 e. The number of nitrogens with two attached hydrogens (primary N) is 2. The summed E-state index contributed by atoms with van der Waals surface area (Å²) in [6.45, 7) is 0. The number of ether oxygens (including phenoxy) is 4. The second-order valence-corrected chi connectivity index (χ2v) is 5.57. The standard InChI is InChI=1S/C18H21N5O4/c1-24-13-6-5-11(16(19)17(13)20)12-9-23(22-21-12)10-7-14(25-2)18(27-4)15(8-10)26-3/h5-9H,19-20H2,1-4H3. The van der Waals surface area contributed by atoms with E-state index in [1.54, 1.807) is 56.5 Å². The summed E-state index contributed by atoms with van der Waals surface area (Å²) >= 11 is 0. The molecule has 9 nitrogen and oxygen atoms in total. The normalized spacial score (nSPS) is 10.5. The van der Waals surface area contributed by atoms with E-state index >= 15 is 0 Å². The van der Waals surface area contributed by atoms with Crippen molar-refractivity contribution < 1.29 is 18.9 Å². The highest BCUT2D eigenvalue weighted by Gasteiger charge is 2.17. The zero-order valence-electron chi connectivity index (χ0n) is 15.5. The van der Waals surface area contributed by atoms with Crippen molar-refractivity contribution in [3.05, 3.63) is 30.5 Å². The van der Waals surface area contributed by atoms with Gasteiger partial charge in [0, 0.05) is 17.7 Å². The zero-order chi connectivity index (χ0) is 19.6. The number of aromatic nitrogens is 3. The molecule has 0 spiro atoms. The van der Waals surface area contributed by atoms with E-state index in [2.05, 4.69) is 10.3 Å². The molecule has 0 aliphatic carbocycles. The maximum absolute atomic E-state index is 6.13. The number of methoxy groups -OCH3 is 4. The van der Waals surface area contributed by atoms with Crippen LogP contribution in [0.3, 0.4) is 0 Å². The van der Waals surface area contributed by atoms with Gasteiger partial charge in [-0.3, -0.25) is 0 Å². The maximum Gasteiger partial charge on any atom is 0.203 e. The fraction of sp³-hybridized carbons (Fsp3) is 0.222. The van der Waals surface area contributed by atoms with Gasteiger partial charge in [-0.05, 0) is 12.1 Å². The lowest BCUT2D eigenvalue weighted by Gasteiger charge is -2.13. The number of nitrogen functional groups attached to an aromatic ring is 2. The molecule has 0 saturated carbocycles. The topological polar surface area (TPSA) is 120 Å². The van der Waals surface area contributed by atoms with Gasteiger partial charge < -0.3 is 30.4 Å². The molecule has 0 bridgehead atoms. The molecule has 142 valence electrons. The Morgan fingerprint density at radius 1 is 0.815 bits per heavy atom. The van der Waals surface area contributed by atoms with Crippen LogP contribution >= 0.6 is 0 Å². The van der Waals surface area contributed by atoms with Crippen LogP contribution in [0.25, 0.3) is 16.9 Å². The Morgan fingerprint density at radius 3 is 2.00 bits per heavy atom. The third-order valence-electron chi connectivity index (χ3n) is 4.15. The third kappa shape index (κ3) is 3.14. The molecular weight excluding hydrogens is 350 g/mol. The van der Waals surface area contributed by atoms with E-state index in [0.29, 0.717) is 51.3 Å². The van der Waals surface area contributed by atoms with E-state index in [4.69, 9.17) is 30.4 Å². The summed E-state index contributed by atoms with van der Waals surface area (Å²) in [4.78, 5) is 0. The Bertz CT molecular complexity index is 945. The summed E-state index contributed by atoms with van der Waals surface area (Å²) in [7, 11) is 6.18. The zero-order valence-corrected chi connectivity index (χ0v) is 15.5. The highest BCUT2D eigenvalue weighted by atomic mass is 16.5. The number of benzene rings is 2. The molecule has 27 heavy (non-hydrogen) atoms. The van der Waals surface area contributed by atoms with Gasteiger partial charge in [-0.15, -0.1) is 5.10 Å². The highest BCUT2D eigenvalue weighted by Crippen LogP contribution is 2.40. The number of hydrogen-bond donors (Lipinski definition) is 2. The average molecular weight is 371 g/mol. The van der Waals surface area contributed by atoms with Crippen molar-refractivity contribution in [3.8, 4) is 39.9 Å². The van der Waals surface area contributed by atoms with Crippen LogP contribution in [-0.2, 0) is 0 Å². The molecule has 1 heterocycles. The molecule has 0 radical (unpaired) electrons. The molecule has 0 saturated heterocycles. The first-order valence-electron chi connectivity index (χ1n) is 7.99. The molecule has 3 rings (SSSR count). The van der Waals surface area contributed by atoms with Crippen LogP contribution < -0.4 is 30.4 Å². The Labute approximate surface area is 156 Å². The number of anilines is 2. The Balaban J connectivity index is 2.06. The largest absolute Gasteiger partial charge is 0.495 e. The second kappa shape index (κ2) is 7.32. The molecule has 0 unspecified atom stereocenters. The van der Waals surface area contributed by atoms with E-state index in [1.807, 2.05) is 0 Å². The summed E-state index contributed by atoms with van der Waals surface area (Å²) in [5.41, 5.74) is 14.8. The molecule has 9 heteroatoms. The lowest BCUT2D eigenvalue weighted by molar-refractivity contribution is 0.324. The van der Waals surface area contributed by atoms with Gasteiger partial charge in [0.05, 0.1) is 51.7 Å². The molecule has 4 N–H and O–H groups in total. The molecule has 0 fully saturated rings. The minimum absolute atomic E-state index is 0.359. The van der Waals surface area contributed by atoms with Crippen molar-refractivity contribution in [1.82, 2.24) is 15.0 Å². The van der Waals surface area contributed by atoms with Crippen molar-refractivity contribution in [2.24, 2.45) is 0 Å². The molecule has 0 aliphatic rings. The van der Waals surface area contributed by atoms with Crippen LogP contribution in [0.1, 0.15) is 0 Å². The Kier molecular flexibility index (Phi) is 4.93. The Hall–Kier alpha value is -3.62.